The molecule has 0 saturated carbocycles. The molecule has 20 heavy (non-hydrogen) atoms. The maximum Gasteiger partial charge on any atom is 0.325 e. The van der Waals surface area contributed by atoms with Gasteiger partial charge < -0.3 is 18.8 Å². The first-order valence-corrected chi connectivity index (χ1v) is 6.00. The van der Waals surface area contributed by atoms with Gasteiger partial charge in [-0.25, -0.2) is 4.98 Å². The van der Waals surface area contributed by atoms with E-state index in [4.69, 9.17) is 9.47 Å². The van der Waals surface area contributed by atoms with Gasteiger partial charge in [0.05, 0.1) is 21.3 Å². The van der Waals surface area contributed by atoms with E-state index in [1.165, 1.54) is 7.11 Å². The Labute approximate surface area is 116 Å². The van der Waals surface area contributed by atoms with Crippen LogP contribution in [0.4, 0.5) is 0 Å². The number of esters is 1. The molecule has 0 spiro atoms. The molecule has 0 radical (unpaired) electrons. The highest BCUT2D eigenvalue weighted by atomic mass is 16.5. The Morgan fingerprint density at radius 1 is 1.20 bits per heavy atom. The molecule has 106 valence electrons. The fourth-order valence-electron chi connectivity index (χ4n) is 1.88. The van der Waals surface area contributed by atoms with Crippen LogP contribution in [0.25, 0.3) is 11.4 Å². The van der Waals surface area contributed by atoms with Gasteiger partial charge in [-0.1, -0.05) is 0 Å². The third-order valence-corrected chi connectivity index (χ3v) is 2.88. The summed E-state index contributed by atoms with van der Waals surface area (Å²) in [4.78, 5) is 15.6. The molecule has 2 aromatic rings. The average molecular weight is 276 g/mol. The Balaban J connectivity index is 2.37. The third-order valence-electron chi connectivity index (χ3n) is 2.88. The summed E-state index contributed by atoms with van der Waals surface area (Å²) in [5.74, 6) is 1.58. The molecule has 0 N–H and O–H groups in total. The van der Waals surface area contributed by atoms with E-state index < -0.39 is 0 Å². The molecule has 0 unspecified atom stereocenters. The summed E-state index contributed by atoms with van der Waals surface area (Å²) in [6, 6.07) is 5.47. The number of carbonyl (C=O) groups excluding carboxylic acids is 1. The number of imidazole rings is 1. The number of benzene rings is 1. The third kappa shape index (κ3) is 2.74. The second-order valence-electron chi connectivity index (χ2n) is 4.02. The number of carbonyl (C=O) groups is 1. The van der Waals surface area contributed by atoms with Gasteiger partial charge >= 0.3 is 5.97 Å². The predicted molar refractivity (Wildman–Crippen MR) is 72.8 cm³/mol. The molecule has 2 rings (SSSR count). The minimum Gasteiger partial charge on any atom is -0.493 e. The Hall–Kier alpha value is -2.50. The average Bonchev–Trinajstić information content (AvgIpc) is 2.94. The number of nitrogens with zero attached hydrogens (tertiary/aromatic N) is 2. The molecule has 1 heterocycles. The van der Waals surface area contributed by atoms with Crippen LogP contribution in [0.5, 0.6) is 11.5 Å². The van der Waals surface area contributed by atoms with Gasteiger partial charge in [0.2, 0.25) is 0 Å². The first kappa shape index (κ1) is 13.9. The molecule has 0 bridgehead atoms. The second kappa shape index (κ2) is 6.10. The molecule has 0 aliphatic heterocycles. The van der Waals surface area contributed by atoms with Gasteiger partial charge in [0, 0.05) is 18.0 Å². The lowest BCUT2D eigenvalue weighted by atomic mass is 10.2. The van der Waals surface area contributed by atoms with E-state index in [0.717, 1.165) is 5.56 Å². The van der Waals surface area contributed by atoms with E-state index in [0.29, 0.717) is 17.3 Å². The largest absolute Gasteiger partial charge is 0.493 e. The lowest BCUT2D eigenvalue weighted by Crippen LogP contribution is -2.11. The van der Waals surface area contributed by atoms with Crippen LogP contribution >= 0.6 is 0 Å². The first-order chi connectivity index (χ1) is 9.69. The standard InChI is InChI=1S/C14H16N2O4/c1-18-11-5-4-10(8-12(11)19-2)14-15-6-7-16(14)9-13(17)20-3/h4-8H,9H2,1-3H3. The lowest BCUT2D eigenvalue weighted by Gasteiger charge is -2.10. The van der Waals surface area contributed by atoms with Crippen LogP contribution in [0, 0.1) is 0 Å². The SMILES string of the molecule is COC(=O)Cn1ccnc1-c1ccc(OC)c(OC)c1. The van der Waals surface area contributed by atoms with Crippen LogP contribution in [-0.2, 0) is 16.1 Å². The zero-order valence-corrected chi connectivity index (χ0v) is 11.6. The van der Waals surface area contributed by atoms with Gasteiger partial charge in [0.1, 0.15) is 12.4 Å². The second-order valence-corrected chi connectivity index (χ2v) is 4.02. The quantitative estimate of drug-likeness (QED) is 0.778. The van der Waals surface area contributed by atoms with E-state index >= 15 is 0 Å². The van der Waals surface area contributed by atoms with Gasteiger partial charge in [-0.3, -0.25) is 4.79 Å². The molecule has 0 atom stereocenters. The molecule has 0 aliphatic rings. The molecular formula is C14H16N2O4. The van der Waals surface area contributed by atoms with Crippen molar-refractivity contribution in [3.63, 3.8) is 0 Å². The van der Waals surface area contributed by atoms with Crippen molar-refractivity contribution in [1.29, 1.82) is 0 Å². The van der Waals surface area contributed by atoms with E-state index in [1.807, 2.05) is 12.1 Å². The van der Waals surface area contributed by atoms with Crippen LogP contribution in [0.15, 0.2) is 30.6 Å². The smallest absolute Gasteiger partial charge is 0.325 e. The van der Waals surface area contributed by atoms with Crippen LogP contribution in [-0.4, -0.2) is 36.8 Å². The molecule has 0 saturated heterocycles. The van der Waals surface area contributed by atoms with Gasteiger partial charge in [-0.05, 0) is 18.2 Å². The van der Waals surface area contributed by atoms with Crippen molar-refractivity contribution in [1.82, 2.24) is 9.55 Å². The van der Waals surface area contributed by atoms with Crippen molar-refractivity contribution < 1.29 is 19.0 Å². The molecule has 0 amide bonds. The topological polar surface area (TPSA) is 62.6 Å². The zero-order valence-electron chi connectivity index (χ0n) is 11.6. The van der Waals surface area contributed by atoms with Crippen LogP contribution in [0.2, 0.25) is 0 Å². The number of aromatic nitrogens is 2. The van der Waals surface area contributed by atoms with Gasteiger partial charge in [0.15, 0.2) is 11.5 Å². The Kier molecular flexibility index (Phi) is 4.24. The molecule has 0 fully saturated rings. The number of hydrogen-bond donors (Lipinski definition) is 0. The van der Waals surface area contributed by atoms with Gasteiger partial charge in [-0.15, -0.1) is 0 Å². The van der Waals surface area contributed by atoms with Crippen molar-refractivity contribution in [2.24, 2.45) is 0 Å². The highest BCUT2D eigenvalue weighted by Gasteiger charge is 2.12. The summed E-state index contributed by atoms with van der Waals surface area (Å²) in [7, 11) is 4.51. The van der Waals surface area contributed by atoms with Crippen LogP contribution in [0.3, 0.4) is 0 Å². The van der Waals surface area contributed by atoms with Gasteiger partial charge in [0.25, 0.3) is 0 Å². The molecular weight excluding hydrogens is 260 g/mol. The predicted octanol–water partition coefficient (Wildman–Crippen LogP) is 1.74. The Bertz CT molecular complexity index is 607. The maximum absolute atomic E-state index is 11.4. The number of hydrogen-bond acceptors (Lipinski definition) is 5. The molecule has 1 aromatic heterocycles. The molecule has 6 heteroatoms. The molecule has 6 nitrogen and oxygen atoms in total. The molecule has 0 aliphatic carbocycles. The van der Waals surface area contributed by atoms with E-state index in [9.17, 15) is 4.79 Å². The Morgan fingerprint density at radius 3 is 2.60 bits per heavy atom. The Morgan fingerprint density at radius 2 is 1.95 bits per heavy atom. The fourth-order valence-corrected chi connectivity index (χ4v) is 1.88. The van der Waals surface area contributed by atoms with E-state index in [2.05, 4.69) is 9.72 Å². The van der Waals surface area contributed by atoms with E-state index in [-0.39, 0.29) is 12.5 Å². The summed E-state index contributed by atoms with van der Waals surface area (Å²) >= 11 is 0. The van der Waals surface area contributed by atoms with Crippen LogP contribution in [0.1, 0.15) is 0 Å². The number of methoxy groups -OCH3 is 3. The fraction of sp³-hybridized carbons (Fsp3) is 0.286. The lowest BCUT2D eigenvalue weighted by molar-refractivity contribution is -0.141. The van der Waals surface area contributed by atoms with Crippen molar-refractivity contribution >= 4 is 5.97 Å². The highest BCUT2D eigenvalue weighted by molar-refractivity contribution is 5.70. The van der Waals surface area contributed by atoms with Crippen molar-refractivity contribution in [3.05, 3.63) is 30.6 Å². The summed E-state index contributed by atoms with van der Waals surface area (Å²) in [6.07, 6.45) is 3.36. The van der Waals surface area contributed by atoms with E-state index in [1.54, 1.807) is 37.2 Å². The number of ether oxygens (including phenoxy) is 3. The first-order valence-electron chi connectivity index (χ1n) is 6.00. The van der Waals surface area contributed by atoms with Crippen molar-refractivity contribution in [3.8, 4) is 22.9 Å². The van der Waals surface area contributed by atoms with Crippen molar-refractivity contribution in [2.45, 2.75) is 6.54 Å². The van der Waals surface area contributed by atoms with Crippen LogP contribution < -0.4 is 9.47 Å². The minimum atomic E-state index is -0.329. The normalized spacial score (nSPS) is 10.2. The molecule has 1 aromatic carbocycles. The zero-order chi connectivity index (χ0) is 14.5. The van der Waals surface area contributed by atoms with Gasteiger partial charge in [-0.2, -0.15) is 0 Å². The monoisotopic (exact) mass is 276 g/mol. The maximum atomic E-state index is 11.4. The summed E-state index contributed by atoms with van der Waals surface area (Å²) in [6.45, 7) is 0.111. The summed E-state index contributed by atoms with van der Waals surface area (Å²) < 4.78 is 16.8. The number of rotatable bonds is 5. The summed E-state index contributed by atoms with van der Waals surface area (Å²) in [5, 5.41) is 0. The summed E-state index contributed by atoms with van der Waals surface area (Å²) in [5.41, 5.74) is 0.830. The van der Waals surface area contributed by atoms with Crippen molar-refractivity contribution in [2.75, 3.05) is 21.3 Å². The highest BCUT2D eigenvalue weighted by Crippen LogP contribution is 2.31. The minimum absolute atomic E-state index is 0.111.